The molecule has 0 aromatic heterocycles. The number of ether oxygens (including phenoxy) is 2. The van der Waals surface area contributed by atoms with Crippen molar-refractivity contribution in [1.29, 1.82) is 0 Å². The fourth-order valence-corrected chi connectivity index (χ4v) is 4.15. The monoisotopic (exact) mass is 458 g/mol. The zero-order chi connectivity index (χ0) is 24.0. The third-order valence-corrected chi connectivity index (χ3v) is 6.44. The van der Waals surface area contributed by atoms with Crippen molar-refractivity contribution in [2.75, 3.05) is 68.0 Å². The molecule has 0 atom stereocenters. The van der Waals surface area contributed by atoms with E-state index in [9.17, 15) is 0 Å². The zero-order valence-corrected chi connectivity index (χ0v) is 23.3. The smallest absolute Gasteiger partial charge is 0.182 e. The number of hydrogen-bond acceptors (Lipinski definition) is 2. The first-order valence-corrected chi connectivity index (χ1v) is 14.1. The van der Waals surface area contributed by atoms with E-state index >= 15 is 0 Å². The quantitative estimate of drug-likeness (QED) is 0.0807. The largest absolute Gasteiger partial charge is 0.332 e. The highest BCUT2D eigenvalue weighted by Crippen LogP contribution is 2.10. The van der Waals surface area contributed by atoms with Gasteiger partial charge in [0, 0.05) is 0 Å². The number of rotatable bonds is 25. The van der Waals surface area contributed by atoms with Crippen molar-refractivity contribution in [3.8, 4) is 0 Å². The Balaban J connectivity index is 3.46. The van der Waals surface area contributed by atoms with E-state index in [1.54, 1.807) is 0 Å². The molecule has 0 aliphatic rings. The summed E-state index contributed by atoms with van der Waals surface area (Å²) in [7, 11) is 9.21. The van der Waals surface area contributed by atoms with Gasteiger partial charge in [0.25, 0.3) is 0 Å². The minimum atomic E-state index is 0.851. The first-order chi connectivity index (χ1) is 15.3. The second kappa shape index (κ2) is 21.4. The van der Waals surface area contributed by atoms with Crippen molar-refractivity contribution >= 4 is 0 Å². The Morgan fingerprint density at radius 3 is 1.09 bits per heavy atom. The van der Waals surface area contributed by atoms with Crippen LogP contribution in [0.2, 0.25) is 0 Å². The third-order valence-electron chi connectivity index (χ3n) is 6.44. The van der Waals surface area contributed by atoms with E-state index in [1.165, 1.54) is 116 Å². The molecule has 0 bridgehead atoms. The van der Waals surface area contributed by atoms with Crippen molar-refractivity contribution in [2.45, 2.75) is 117 Å². The highest BCUT2D eigenvalue weighted by Gasteiger charge is 2.15. The van der Waals surface area contributed by atoms with Gasteiger partial charge >= 0.3 is 0 Å². The molecule has 0 rings (SSSR count). The first kappa shape index (κ1) is 31.8. The molecule has 0 spiro atoms. The Morgan fingerprint density at radius 2 is 0.719 bits per heavy atom. The Kier molecular flexibility index (Phi) is 21.3. The van der Waals surface area contributed by atoms with Crippen LogP contribution in [0, 0.1) is 0 Å². The zero-order valence-electron chi connectivity index (χ0n) is 23.3. The number of unbranched alkanes of at least 4 members (excludes halogenated alkanes) is 13. The minimum Gasteiger partial charge on any atom is -0.332 e. The maximum atomic E-state index is 5.97. The van der Waals surface area contributed by atoms with E-state index in [1.807, 2.05) is 0 Å². The lowest BCUT2D eigenvalue weighted by Gasteiger charge is -2.29. The summed E-state index contributed by atoms with van der Waals surface area (Å²) in [5.74, 6) is 0. The lowest BCUT2D eigenvalue weighted by Crippen LogP contribution is -2.42. The molecule has 0 N–H and O–H groups in total. The molecule has 0 aromatic carbocycles. The predicted octanol–water partition coefficient (Wildman–Crippen LogP) is 7.37. The first-order valence-electron chi connectivity index (χ1n) is 14.1. The topological polar surface area (TPSA) is 18.5 Å². The third kappa shape index (κ3) is 23.0. The molecule has 0 unspecified atom stereocenters. The van der Waals surface area contributed by atoms with E-state index in [2.05, 4.69) is 42.0 Å². The summed E-state index contributed by atoms with van der Waals surface area (Å²) >= 11 is 0. The molecular formula is C28H62N2O2+2. The van der Waals surface area contributed by atoms with Crippen LogP contribution in [0.1, 0.15) is 117 Å². The van der Waals surface area contributed by atoms with Crippen LogP contribution in [-0.4, -0.2) is 76.9 Å². The molecule has 0 saturated heterocycles. The molecule has 0 aliphatic carbocycles. The van der Waals surface area contributed by atoms with E-state index in [-0.39, 0.29) is 0 Å². The van der Waals surface area contributed by atoms with Gasteiger partial charge in [-0.3, -0.25) is 0 Å². The molecule has 0 saturated carbocycles. The van der Waals surface area contributed by atoms with E-state index in [0.717, 1.165) is 35.6 Å². The molecular weight excluding hydrogens is 396 g/mol. The number of quaternary nitrogens is 2. The van der Waals surface area contributed by atoms with Crippen molar-refractivity contribution in [1.82, 2.24) is 0 Å². The highest BCUT2D eigenvalue weighted by atomic mass is 16.5. The van der Waals surface area contributed by atoms with Crippen molar-refractivity contribution in [3.63, 3.8) is 0 Å². The molecule has 0 heterocycles. The van der Waals surface area contributed by atoms with Gasteiger partial charge in [-0.1, -0.05) is 78.1 Å². The summed E-state index contributed by atoms with van der Waals surface area (Å²) in [4.78, 5) is 0. The van der Waals surface area contributed by atoms with Crippen molar-refractivity contribution < 1.29 is 18.4 Å². The molecule has 0 fully saturated rings. The Bertz CT molecular complexity index is 350. The van der Waals surface area contributed by atoms with Gasteiger partial charge in [-0.25, -0.2) is 0 Å². The van der Waals surface area contributed by atoms with Crippen LogP contribution in [0.15, 0.2) is 0 Å². The molecule has 0 amide bonds. The van der Waals surface area contributed by atoms with Crippen LogP contribution in [0.5, 0.6) is 0 Å². The summed E-state index contributed by atoms with van der Waals surface area (Å²) < 4.78 is 13.9. The molecule has 194 valence electrons. The Labute approximate surface area is 203 Å². The van der Waals surface area contributed by atoms with Gasteiger partial charge in [0.1, 0.15) is 0 Å². The maximum Gasteiger partial charge on any atom is 0.182 e. The summed E-state index contributed by atoms with van der Waals surface area (Å²) in [5, 5.41) is 0. The van der Waals surface area contributed by atoms with Crippen LogP contribution < -0.4 is 0 Å². The van der Waals surface area contributed by atoms with Crippen LogP contribution in [0.3, 0.4) is 0 Å². The van der Waals surface area contributed by atoms with Gasteiger partial charge in [0.05, 0.1) is 54.5 Å². The van der Waals surface area contributed by atoms with Gasteiger partial charge in [-0.05, 0) is 38.5 Å². The average molecular weight is 459 g/mol. The van der Waals surface area contributed by atoms with E-state index in [4.69, 9.17) is 9.47 Å². The van der Waals surface area contributed by atoms with Gasteiger partial charge in [0.2, 0.25) is 0 Å². The standard InChI is InChI=1S/C28H62N2O2/c1-7-9-11-13-15-19-23-29(3,4)27-31-25-21-17-18-22-26-32-28-30(5,6)24-20-16-14-12-10-8-2/h7-28H2,1-6H3/q+2. The van der Waals surface area contributed by atoms with Crippen LogP contribution in [0.25, 0.3) is 0 Å². The second-order valence-corrected chi connectivity index (χ2v) is 11.3. The van der Waals surface area contributed by atoms with Gasteiger partial charge < -0.3 is 18.4 Å². The molecule has 4 nitrogen and oxygen atoms in total. The summed E-state index contributed by atoms with van der Waals surface area (Å²) in [6, 6.07) is 0. The molecule has 32 heavy (non-hydrogen) atoms. The summed E-state index contributed by atoms with van der Waals surface area (Å²) in [5.41, 5.74) is 0. The predicted molar refractivity (Wildman–Crippen MR) is 141 cm³/mol. The van der Waals surface area contributed by atoms with Crippen LogP contribution >= 0.6 is 0 Å². The minimum absolute atomic E-state index is 0.851. The van der Waals surface area contributed by atoms with Crippen molar-refractivity contribution in [2.24, 2.45) is 0 Å². The summed E-state index contributed by atoms with van der Waals surface area (Å²) in [6.45, 7) is 10.5. The highest BCUT2D eigenvalue weighted by molar-refractivity contribution is 4.45. The molecule has 4 heteroatoms. The molecule has 0 aromatic rings. The van der Waals surface area contributed by atoms with E-state index < -0.39 is 0 Å². The number of nitrogens with zero attached hydrogens (tertiary/aromatic N) is 2. The number of hydrogen-bond donors (Lipinski definition) is 0. The van der Waals surface area contributed by atoms with Crippen molar-refractivity contribution in [3.05, 3.63) is 0 Å². The lowest BCUT2D eigenvalue weighted by atomic mass is 10.1. The SMILES string of the molecule is CCCCCCCC[N+](C)(C)COCCCCCCOC[N+](C)(C)CCCCCCCC. The molecule has 0 aliphatic heterocycles. The van der Waals surface area contributed by atoms with Gasteiger partial charge in [-0.15, -0.1) is 0 Å². The normalized spacial score (nSPS) is 12.6. The van der Waals surface area contributed by atoms with Crippen LogP contribution in [0.4, 0.5) is 0 Å². The fourth-order valence-electron chi connectivity index (χ4n) is 4.15. The fraction of sp³-hybridized carbons (Fsp3) is 1.00. The average Bonchev–Trinajstić information content (AvgIpc) is 2.74. The molecule has 0 radical (unpaired) electrons. The second-order valence-electron chi connectivity index (χ2n) is 11.3. The summed E-state index contributed by atoms with van der Waals surface area (Å²) in [6.07, 6.45) is 21.3. The van der Waals surface area contributed by atoms with Gasteiger partial charge in [0.15, 0.2) is 13.5 Å². The van der Waals surface area contributed by atoms with Crippen LogP contribution in [-0.2, 0) is 9.47 Å². The lowest BCUT2D eigenvalue weighted by molar-refractivity contribution is -0.910. The Hall–Kier alpha value is -0.160. The maximum absolute atomic E-state index is 5.97. The van der Waals surface area contributed by atoms with E-state index in [0.29, 0.717) is 0 Å². The van der Waals surface area contributed by atoms with Gasteiger partial charge in [-0.2, -0.15) is 0 Å². The Morgan fingerprint density at radius 1 is 0.406 bits per heavy atom.